The highest BCUT2D eigenvalue weighted by atomic mass is 16.5. The van der Waals surface area contributed by atoms with E-state index in [2.05, 4.69) is 49.4 Å². The van der Waals surface area contributed by atoms with Crippen LogP contribution in [-0.4, -0.2) is 6.61 Å². The summed E-state index contributed by atoms with van der Waals surface area (Å²) < 4.78 is 5.75. The Bertz CT molecular complexity index is 442. The molecule has 1 aliphatic rings. The lowest BCUT2D eigenvalue weighted by Crippen LogP contribution is -2.03. The Labute approximate surface area is 123 Å². The molecule has 1 heteroatoms. The molecule has 0 fully saturated rings. The molecule has 0 saturated heterocycles. The second-order valence-corrected chi connectivity index (χ2v) is 5.54. The quantitative estimate of drug-likeness (QED) is 0.572. The Morgan fingerprint density at radius 3 is 2.40 bits per heavy atom. The maximum Gasteiger partial charge on any atom is 0.109 e. The Morgan fingerprint density at radius 2 is 1.70 bits per heavy atom. The maximum atomic E-state index is 5.75. The van der Waals surface area contributed by atoms with Gasteiger partial charge in [0.1, 0.15) is 6.61 Å². The summed E-state index contributed by atoms with van der Waals surface area (Å²) in [4.78, 5) is 0. The van der Waals surface area contributed by atoms with Gasteiger partial charge in [-0.15, -0.1) is 0 Å². The predicted molar refractivity (Wildman–Crippen MR) is 85.6 cm³/mol. The SMILES string of the molecule is CCCC1=CC=C(CCCCCc2ccccc2)CO1. The van der Waals surface area contributed by atoms with Gasteiger partial charge in [0, 0.05) is 6.42 Å². The van der Waals surface area contributed by atoms with Crippen LogP contribution in [0.3, 0.4) is 0 Å². The summed E-state index contributed by atoms with van der Waals surface area (Å²) in [6.07, 6.45) is 12.9. The number of hydrogen-bond donors (Lipinski definition) is 0. The molecule has 0 aliphatic carbocycles. The zero-order valence-electron chi connectivity index (χ0n) is 12.6. The van der Waals surface area contributed by atoms with E-state index in [-0.39, 0.29) is 0 Å². The second-order valence-electron chi connectivity index (χ2n) is 5.54. The Kier molecular flexibility index (Phi) is 6.43. The largest absolute Gasteiger partial charge is 0.494 e. The molecule has 108 valence electrons. The topological polar surface area (TPSA) is 9.23 Å². The first-order valence-corrected chi connectivity index (χ1v) is 7.94. The van der Waals surface area contributed by atoms with E-state index in [0.29, 0.717) is 0 Å². The maximum absolute atomic E-state index is 5.75. The number of ether oxygens (including phenoxy) is 1. The Morgan fingerprint density at radius 1 is 0.900 bits per heavy atom. The molecule has 0 atom stereocenters. The molecule has 1 aliphatic heterocycles. The third-order valence-corrected chi connectivity index (χ3v) is 3.75. The van der Waals surface area contributed by atoms with Crippen molar-refractivity contribution in [1.82, 2.24) is 0 Å². The highest BCUT2D eigenvalue weighted by molar-refractivity contribution is 5.19. The minimum atomic E-state index is 0.810. The van der Waals surface area contributed by atoms with Gasteiger partial charge in [0.25, 0.3) is 0 Å². The zero-order chi connectivity index (χ0) is 14.0. The van der Waals surface area contributed by atoms with Crippen LogP contribution in [0.1, 0.15) is 51.0 Å². The molecule has 0 amide bonds. The van der Waals surface area contributed by atoms with Gasteiger partial charge in [0.15, 0.2) is 0 Å². The van der Waals surface area contributed by atoms with Crippen molar-refractivity contribution in [3.63, 3.8) is 0 Å². The lowest BCUT2D eigenvalue weighted by Gasteiger charge is -2.16. The zero-order valence-corrected chi connectivity index (χ0v) is 12.6. The minimum absolute atomic E-state index is 0.810. The summed E-state index contributed by atoms with van der Waals surface area (Å²) >= 11 is 0. The Hall–Kier alpha value is -1.50. The monoisotopic (exact) mass is 270 g/mol. The minimum Gasteiger partial charge on any atom is -0.494 e. The summed E-state index contributed by atoms with van der Waals surface area (Å²) in [5.74, 6) is 1.15. The number of rotatable bonds is 8. The normalized spacial score (nSPS) is 14.4. The highest BCUT2D eigenvalue weighted by Gasteiger charge is 2.06. The second kappa shape index (κ2) is 8.63. The van der Waals surface area contributed by atoms with E-state index in [1.807, 2.05) is 0 Å². The van der Waals surface area contributed by atoms with Crippen molar-refractivity contribution < 1.29 is 4.74 Å². The standard InChI is InChI=1S/C19H26O/c1-2-9-19-15-14-18(16-20-19)13-8-4-7-12-17-10-5-3-6-11-17/h3,5-6,10-11,14-15H,2,4,7-9,12-13,16H2,1H3. The van der Waals surface area contributed by atoms with Crippen LogP contribution in [-0.2, 0) is 11.2 Å². The molecule has 0 radical (unpaired) electrons. The van der Waals surface area contributed by atoms with Crippen molar-refractivity contribution in [2.75, 3.05) is 6.61 Å². The van der Waals surface area contributed by atoms with Crippen molar-refractivity contribution in [2.24, 2.45) is 0 Å². The van der Waals surface area contributed by atoms with E-state index in [0.717, 1.165) is 25.2 Å². The molecule has 20 heavy (non-hydrogen) atoms. The van der Waals surface area contributed by atoms with Crippen LogP contribution in [0.2, 0.25) is 0 Å². The summed E-state index contributed by atoms with van der Waals surface area (Å²) in [5.41, 5.74) is 2.91. The fourth-order valence-corrected chi connectivity index (χ4v) is 2.55. The average molecular weight is 270 g/mol. The molecular formula is C19H26O. The molecule has 0 aromatic heterocycles. The van der Waals surface area contributed by atoms with Gasteiger partial charge in [-0.2, -0.15) is 0 Å². The molecule has 0 N–H and O–H groups in total. The van der Waals surface area contributed by atoms with E-state index in [9.17, 15) is 0 Å². The van der Waals surface area contributed by atoms with Crippen molar-refractivity contribution in [2.45, 2.75) is 51.9 Å². The van der Waals surface area contributed by atoms with E-state index >= 15 is 0 Å². The fourth-order valence-electron chi connectivity index (χ4n) is 2.55. The number of aryl methyl sites for hydroxylation is 1. The van der Waals surface area contributed by atoms with Gasteiger partial charge < -0.3 is 4.74 Å². The summed E-state index contributed by atoms with van der Waals surface area (Å²) in [6, 6.07) is 10.8. The molecule has 0 bridgehead atoms. The van der Waals surface area contributed by atoms with Gasteiger partial charge in [-0.25, -0.2) is 0 Å². The molecule has 0 unspecified atom stereocenters. The lowest BCUT2D eigenvalue weighted by molar-refractivity contribution is 0.219. The molecular weight excluding hydrogens is 244 g/mol. The van der Waals surface area contributed by atoms with Crippen LogP contribution in [0.15, 0.2) is 53.8 Å². The molecule has 1 aromatic rings. The van der Waals surface area contributed by atoms with Gasteiger partial charge in [0.05, 0.1) is 5.76 Å². The number of allylic oxidation sites excluding steroid dienone is 3. The van der Waals surface area contributed by atoms with Crippen molar-refractivity contribution in [3.8, 4) is 0 Å². The Balaban J connectivity index is 1.60. The van der Waals surface area contributed by atoms with Gasteiger partial charge in [-0.3, -0.25) is 0 Å². The van der Waals surface area contributed by atoms with Crippen LogP contribution in [0.5, 0.6) is 0 Å². The molecule has 0 saturated carbocycles. The first-order valence-electron chi connectivity index (χ1n) is 7.94. The molecule has 0 spiro atoms. The smallest absolute Gasteiger partial charge is 0.109 e. The molecule has 1 heterocycles. The van der Waals surface area contributed by atoms with Gasteiger partial charge in [-0.1, -0.05) is 49.8 Å². The summed E-state index contributed by atoms with van der Waals surface area (Å²) in [7, 11) is 0. The molecule has 1 aromatic carbocycles. The van der Waals surface area contributed by atoms with Crippen molar-refractivity contribution >= 4 is 0 Å². The van der Waals surface area contributed by atoms with Crippen LogP contribution in [0, 0.1) is 0 Å². The van der Waals surface area contributed by atoms with E-state index < -0.39 is 0 Å². The third-order valence-electron chi connectivity index (χ3n) is 3.75. The third kappa shape index (κ3) is 5.24. The lowest BCUT2D eigenvalue weighted by atomic mass is 10.0. The van der Waals surface area contributed by atoms with E-state index in [1.165, 1.54) is 43.2 Å². The van der Waals surface area contributed by atoms with Gasteiger partial charge in [0.2, 0.25) is 0 Å². The highest BCUT2D eigenvalue weighted by Crippen LogP contribution is 2.19. The van der Waals surface area contributed by atoms with Crippen LogP contribution in [0.4, 0.5) is 0 Å². The number of benzene rings is 1. The van der Waals surface area contributed by atoms with Crippen molar-refractivity contribution in [1.29, 1.82) is 0 Å². The van der Waals surface area contributed by atoms with Gasteiger partial charge >= 0.3 is 0 Å². The van der Waals surface area contributed by atoms with E-state index in [4.69, 9.17) is 4.74 Å². The van der Waals surface area contributed by atoms with E-state index in [1.54, 1.807) is 0 Å². The molecule has 2 rings (SSSR count). The first-order chi connectivity index (χ1) is 9.88. The van der Waals surface area contributed by atoms with Crippen LogP contribution >= 0.6 is 0 Å². The first kappa shape index (κ1) is 14.9. The predicted octanol–water partition coefficient (Wildman–Crippen LogP) is 5.43. The number of hydrogen-bond acceptors (Lipinski definition) is 1. The number of unbranched alkanes of at least 4 members (excludes halogenated alkanes) is 2. The van der Waals surface area contributed by atoms with Crippen LogP contribution < -0.4 is 0 Å². The van der Waals surface area contributed by atoms with Crippen molar-refractivity contribution in [3.05, 3.63) is 59.4 Å². The summed E-state index contributed by atoms with van der Waals surface area (Å²) in [5, 5.41) is 0. The average Bonchev–Trinajstić information content (AvgIpc) is 2.50. The summed E-state index contributed by atoms with van der Waals surface area (Å²) in [6.45, 7) is 3.00. The van der Waals surface area contributed by atoms with Crippen LogP contribution in [0.25, 0.3) is 0 Å². The fraction of sp³-hybridized carbons (Fsp3) is 0.474. The molecule has 1 nitrogen and oxygen atoms in total. The van der Waals surface area contributed by atoms with Gasteiger partial charge in [-0.05, 0) is 49.3 Å².